The van der Waals surface area contributed by atoms with Crippen molar-refractivity contribution in [1.29, 1.82) is 0 Å². The quantitative estimate of drug-likeness (QED) is 0.740. The Kier molecular flexibility index (Phi) is 2.69. The lowest BCUT2D eigenvalue weighted by atomic mass is 10.2. The standard InChI is InChI=1S/C13H15NO2/c1-4-16-13-7-5-6-11-10(13)8-12(9(2)15)14(11)3/h5-8H,4H2,1-3H3. The normalized spacial score (nSPS) is 10.7. The van der Waals surface area contributed by atoms with Crippen molar-refractivity contribution in [2.24, 2.45) is 7.05 Å². The van der Waals surface area contributed by atoms with Crippen LogP contribution in [0.5, 0.6) is 5.75 Å². The van der Waals surface area contributed by atoms with Crippen LogP contribution in [0.2, 0.25) is 0 Å². The molecule has 16 heavy (non-hydrogen) atoms. The number of fused-ring (bicyclic) bond motifs is 1. The predicted molar refractivity (Wildman–Crippen MR) is 64.1 cm³/mol. The van der Waals surface area contributed by atoms with Crippen molar-refractivity contribution in [2.75, 3.05) is 6.61 Å². The summed E-state index contributed by atoms with van der Waals surface area (Å²) in [7, 11) is 1.90. The molecule has 0 unspecified atom stereocenters. The molecule has 0 radical (unpaired) electrons. The van der Waals surface area contributed by atoms with Gasteiger partial charge in [-0.1, -0.05) is 6.07 Å². The SMILES string of the molecule is CCOc1cccc2c1cc(C(C)=O)n2C. The van der Waals surface area contributed by atoms with Crippen LogP contribution in [-0.2, 0) is 7.05 Å². The third-order valence-corrected chi connectivity index (χ3v) is 2.71. The monoisotopic (exact) mass is 217 g/mol. The number of nitrogens with zero attached hydrogens (tertiary/aromatic N) is 1. The smallest absolute Gasteiger partial charge is 0.176 e. The van der Waals surface area contributed by atoms with Gasteiger partial charge in [0.1, 0.15) is 5.75 Å². The van der Waals surface area contributed by atoms with E-state index in [2.05, 4.69) is 0 Å². The summed E-state index contributed by atoms with van der Waals surface area (Å²) in [5.74, 6) is 0.907. The molecule has 0 bridgehead atoms. The van der Waals surface area contributed by atoms with Crippen LogP contribution in [0, 0.1) is 0 Å². The number of benzene rings is 1. The number of hydrogen-bond donors (Lipinski definition) is 0. The molecule has 3 nitrogen and oxygen atoms in total. The van der Waals surface area contributed by atoms with Crippen LogP contribution >= 0.6 is 0 Å². The zero-order valence-electron chi connectivity index (χ0n) is 9.78. The van der Waals surface area contributed by atoms with E-state index < -0.39 is 0 Å². The maximum atomic E-state index is 11.4. The topological polar surface area (TPSA) is 31.2 Å². The van der Waals surface area contributed by atoms with Gasteiger partial charge in [0.05, 0.1) is 17.8 Å². The van der Waals surface area contributed by atoms with Crippen molar-refractivity contribution in [2.45, 2.75) is 13.8 Å². The van der Waals surface area contributed by atoms with Gasteiger partial charge in [0, 0.05) is 19.4 Å². The van der Waals surface area contributed by atoms with Crippen LogP contribution in [0.15, 0.2) is 24.3 Å². The summed E-state index contributed by atoms with van der Waals surface area (Å²) in [6.45, 7) is 4.16. The molecule has 0 N–H and O–H groups in total. The third-order valence-electron chi connectivity index (χ3n) is 2.71. The van der Waals surface area contributed by atoms with Gasteiger partial charge in [0.25, 0.3) is 0 Å². The minimum absolute atomic E-state index is 0.0705. The zero-order chi connectivity index (χ0) is 11.7. The van der Waals surface area contributed by atoms with Gasteiger partial charge < -0.3 is 9.30 Å². The summed E-state index contributed by atoms with van der Waals surface area (Å²) in [6.07, 6.45) is 0. The molecule has 2 rings (SSSR count). The number of ketones is 1. The van der Waals surface area contributed by atoms with E-state index in [1.165, 1.54) is 0 Å². The Morgan fingerprint density at radius 3 is 2.81 bits per heavy atom. The molecule has 0 aliphatic rings. The van der Waals surface area contributed by atoms with E-state index in [1.807, 2.05) is 42.8 Å². The number of ether oxygens (including phenoxy) is 1. The number of rotatable bonds is 3. The highest BCUT2D eigenvalue weighted by atomic mass is 16.5. The maximum absolute atomic E-state index is 11.4. The summed E-state index contributed by atoms with van der Waals surface area (Å²) < 4.78 is 7.45. The van der Waals surface area contributed by atoms with Crippen LogP contribution in [0.25, 0.3) is 10.9 Å². The molecule has 84 valence electrons. The van der Waals surface area contributed by atoms with E-state index in [9.17, 15) is 4.79 Å². The van der Waals surface area contributed by atoms with Crippen LogP contribution in [-0.4, -0.2) is 17.0 Å². The first-order chi connectivity index (χ1) is 7.65. The summed E-state index contributed by atoms with van der Waals surface area (Å²) in [5.41, 5.74) is 1.73. The Morgan fingerprint density at radius 1 is 1.44 bits per heavy atom. The average Bonchev–Trinajstić information content (AvgIpc) is 2.58. The first kappa shape index (κ1) is 10.7. The van der Waals surface area contributed by atoms with Crippen molar-refractivity contribution in [3.8, 4) is 5.75 Å². The van der Waals surface area contributed by atoms with Gasteiger partial charge in [0.15, 0.2) is 5.78 Å². The number of aryl methyl sites for hydroxylation is 1. The fourth-order valence-corrected chi connectivity index (χ4v) is 1.95. The molecule has 1 heterocycles. The van der Waals surface area contributed by atoms with Crippen molar-refractivity contribution < 1.29 is 9.53 Å². The van der Waals surface area contributed by atoms with Gasteiger partial charge in [-0.3, -0.25) is 4.79 Å². The van der Waals surface area contributed by atoms with Crippen molar-refractivity contribution >= 4 is 16.7 Å². The largest absolute Gasteiger partial charge is 0.493 e. The second-order valence-corrected chi connectivity index (χ2v) is 3.77. The van der Waals surface area contributed by atoms with E-state index in [0.29, 0.717) is 12.3 Å². The first-order valence-corrected chi connectivity index (χ1v) is 5.37. The molecular weight excluding hydrogens is 202 g/mol. The molecule has 3 heteroatoms. The summed E-state index contributed by atoms with van der Waals surface area (Å²) in [5, 5.41) is 0.997. The second-order valence-electron chi connectivity index (χ2n) is 3.77. The molecule has 0 saturated carbocycles. The summed E-state index contributed by atoms with van der Waals surface area (Å²) in [4.78, 5) is 11.4. The van der Waals surface area contributed by atoms with Crippen molar-refractivity contribution in [1.82, 2.24) is 4.57 Å². The van der Waals surface area contributed by atoms with Crippen LogP contribution < -0.4 is 4.74 Å². The molecule has 0 aliphatic heterocycles. The fourth-order valence-electron chi connectivity index (χ4n) is 1.95. The van der Waals surface area contributed by atoms with E-state index in [4.69, 9.17) is 4.74 Å². The van der Waals surface area contributed by atoms with E-state index in [1.54, 1.807) is 6.92 Å². The predicted octanol–water partition coefficient (Wildman–Crippen LogP) is 2.78. The molecule has 0 amide bonds. The average molecular weight is 217 g/mol. The lowest BCUT2D eigenvalue weighted by molar-refractivity contribution is 0.101. The van der Waals surface area contributed by atoms with E-state index in [-0.39, 0.29) is 5.78 Å². The highest BCUT2D eigenvalue weighted by Gasteiger charge is 2.12. The van der Waals surface area contributed by atoms with Gasteiger partial charge in [-0.05, 0) is 25.1 Å². The maximum Gasteiger partial charge on any atom is 0.176 e. The van der Waals surface area contributed by atoms with Crippen molar-refractivity contribution in [3.05, 3.63) is 30.0 Å². The molecule has 2 aromatic rings. The highest BCUT2D eigenvalue weighted by molar-refractivity contribution is 6.00. The first-order valence-electron chi connectivity index (χ1n) is 5.37. The number of carbonyl (C=O) groups is 1. The van der Waals surface area contributed by atoms with Gasteiger partial charge in [-0.2, -0.15) is 0 Å². The summed E-state index contributed by atoms with van der Waals surface area (Å²) >= 11 is 0. The van der Waals surface area contributed by atoms with Gasteiger partial charge in [-0.15, -0.1) is 0 Å². The number of aromatic nitrogens is 1. The van der Waals surface area contributed by atoms with Gasteiger partial charge in [0.2, 0.25) is 0 Å². The van der Waals surface area contributed by atoms with Crippen molar-refractivity contribution in [3.63, 3.8) is 0 Å². The van der Waals surface area contributed by atoms with Gasteiger partial charge >= 0.3 is 0 Å². The fraction of sp³-hybridized carbons (Fsp3) is 0.308. The molecule has 0 saturated heterocycles. The minimum Gasteiger partial charge on any atom is -0.493 e. The van der Waals surface area contributed by atoms with Gasteiger partial charge in [-0.25, -0.2) is 0 Å². The Labute approximate surface area is 94.6 Å². The molecule has 0 fully saturated rings. The molecule has 1 aromatic carbocycles. The lowest BCUT2D eigenvalue weighted by Crippen LogP contribution is -2.00. The Balaban J connectivity index is 2.70. The van der Waals surface area contributed by atoms with E-state index in [0.717, 1.165) is 16.7 Å². The third kappa shape index (κ3) is 1.58. The highest BCUT2D eigenvalue weighted by Crippen LogP contribution is 2.28. The van der Waals surface area contributed by atoms with Crippen LogP contribution in [0.3, 0.4) is 0 Å². The number of Topliss-reactive ketones (excluding diaryl/α,β-unsaturated/α-hetero) is 1. The van der Waals surface area contributed by atoms with Crippen LogP contribution in [0.4, 0.5) is 0 Å². The molecule has 0 atom stereocenters. The second kappa shape index (κ2) is 4.00. The molecule has 0 spiro atoms. The zero-order valence-corrected chi connectivity index (χ0v) is 9.78. The van der Waals surface area contributed by atoms with Crippen LogP contribution in [0.1, 0.15) is 24.3 Å². The van der Waals surface area contributed by atoms with E-state index >= 15 is 0 Å². The Morgan fingerprint density at radius 2 is 2.19 bits per heavy atom. The molecular formula is C13H15NO2. The Hall–Kier alpha value is -1.77. The Bertz CT molecular complexity index is 540. The summed E-state index contributed by atoms with van der Waals surface area (Å²) in [6, 6.07) is 7.75. The minimum atomic E-state index is 0.0705. The lowest BCUT2D eigenvalue weighted by Gasteiger charge is -2.04. The number of carbonyl (C=O) groups excluding carboxylic acids is 1. The molecule has 1 aromatic heterocycles. The molecule has 0 aliphatic carbocycles. The number of hydrogen-bond acceptors (Lipinski definition) is 2.